The van der Waals surface area contributed by atoms with E-state index in [1.54, 1.807) is 4.68 Å². The van der Waals surface area contributed by atoms with Crippen LogP contribution in [0.1, 0.15) is 27.7 Å². The second-order valence-corrected chi connectivity index (χ2v) is 11.4. The first-order chi connectivity index (χ1) is 21.4. The summed E-state index contributed by atoms with van der Waals surface area (Å²) in [6, 6.07) is 27.9. The minimum atomic E-state index is 0.426. The molecular formula is C34H35N9O. The minimum Gasteiger partial charge on any atom is -0.435 e. The highest BCUT2D eigenvalue weighted by Crippen LogP contribution is 2.37. The van der Waals surface area contributed by atoms with Crippen LogP contribution >= 0.6 is 0 Å². The van der Waals surface area contributed by atoms with Gasteiger partial charge in [0, 0.05) is 24.2 Å². The molecule has 0 fully saturated rings. The topological polar surface area (TPSA) is 119 Å². The van der Waals surface area contributed by atoms with Crippen molar-refractivity contribution >= 4 is 11.9 Å². The van der Waals surface area contributed by atoms with Gasteiger partial charge in [0.2, 0.25) is 17.8 Å². The number of nitrogens with zero attached hydrogens (tertiary/aromatic N) is 7. The fourth-order valence-electron chi connectivity index (χ4n) is 4.59. The van der Waals surface area contributed by atoms with E-state index in [1.165, 1.54) is 0 Å². The van der Waals surface area contributed by atoms with E-state index in [4.69, 9.17) is 9.40 Å². The van der Waals surface area contributed by atoms with E-state index in [1.807, 2.05) is 91.1 Å². The van der Waals surface area contributed by atoms with Crippen LogP contribution < -0.4 is 10.6 Å². The van der Waals surface area contributed by atoms with Crippen LogP contribution in [0.25, 0.3) is 51.2 Å². The van der Waals surface area contributed by atoms with Gasteiger partial charge < -0.3 is 15.1 Å². The second kappa shape index (κ2) is 12.9. The van der Waals surface area contributed by atoms with Gasteiger partial charge in [-0.05, 0) is 24.0 Å². The molecule has 0 saturated heterocycles. The molecule has 3 aromatic heterocycles. The lowest BCUT2D eigenvalue weighted by atomic mass is 10.1. The number of anilines is 2. The summed E-state index contributed by atoms with van der Waals surface area (Å²) >= 11 is 0. The van der Waals surface area contributed by atoms with Crippen LogP contribution in [0.5, 0.6) is 0 Å². The number of hydrogen-bond acceptors (Lipinski definition) is 9. The highest BCUT2D eigenvalue weighted by Gasteiger charge is 2.21. The van der Waals surface area contributed by atoms with Crippen molar-refractivity contribution in [1.29, 1.82) is 0 Å². The molecule has 0 aliphatic heterocycles. The molecule has 222 valence electrons. The zero-order valence-electron chi connectivity index (χ0n) is 25.3. The minimum absolute atomic E-state index is 0.426. The molecule has 6 rings (SSSR count). The van der Waals surface area contributed by atoms with E-state index in [0.717, 1.165) is 41.2 Å². The Morgan fingerprint density at radius 2 is 1.27 bits per heavy atom. The lowest BCUT2D eigenvalue weighted by Gasteiger charge is -2.11. The number of para-hydroxylation sites is 1. The second-order valence-electron chi connectivity index (χ2n) is 11.4. The molecule has 2 N–H and O–H groups in total. The highest BCUT2D eigenvalue weighted by atomic mass is 16.4. The first-order valence-electron chi connectivity index (χ1n) is 14.8. The molecule has 0 saturated carbocycles. The highest BCUT2D eigenvalue weighted by molar-refractivity contribution is 5.80. The van der Waals surface area contributed by atoms with Gasteiger partial charge in [-0.25, -0.2) is 9.67 Å². The van der Waals surface area contributed by atoms with E-state index in [-0.39, 0.29) is 0 Å². The van der Waals surface area contributed by atoms with Crippen molar-refractivity contribution in [2.24, 2.45) is 11.8 Å². The largest absolute Gasteiger partial charge is 0.435 e. The third kappa shape index (κ3) is 6.49. The Balaban J connectivity index is 1.39. The smallest absolute Gasteiger partial charge is 0.229 e. The van der Waals surface area contributed by atoms with Gasteiger partial charge in [-0.15, -0.1) is 5.10 Å². The van der Waals surface area contributed by atoms with Crippen LogP contribution in [0, 0.1) is 11.8 Å². The van der Waals surface area contributed by atoms with E-state index < -0.39 is 0 Å². The number of rotatable bonds is 11. The summed E-state index contributed by atoms with van der Waals surface area (Å²) in [4.78, 5) is 18.9. The first kappa shape index (κ1) is 28.7. The normalized spacial score (nSPS) is 11.3. The zero-order valence-corrected chi connectivity index (χ0v) is 25.3. The van der Waals surface area contributed by atoms with Gasteiger partial charge in [0.25, 0.3) is 0 Å². The van der Waals surface area contributed by atoms with Crippen LogP contribution in [0.4, 0.5) is 11.9 Å². The van der Waals surface area contributed by atoms with E-state index in [2.05, 4.69) is 63.6 Å². The molecular weight excluding hydrogens is 550 g/mol. The monoisotopic (exact) mass is 585 g/mol. The molecule has 6 aromatic rings. The molecule has 0 unspecified atom stereocenters. The van der Waals surface area contributed by atoms with Crippen molar-refractivity contribution in [3.8, 4) is 51.2 Å². The maximum Gasteiger partial charge on any atom is 0.229 e. The van der Waals surface area contributed by atoms with Gasteiger partial charge in [0.1, 0.15) is 5.69 Å². The molecule has 0 atom stereocenters. The van der Waals surface area contributed by atoms with Gasteiger partial charge in [-0.2, -0.15) is 15.0 Å². The lowest BCUT2D eigenvalue weighted by molar-refractivity contribution is 0.588. The van der Waals surface area contributed by atoms with Gasteiger partial charge >= 0.3 is 0 Å². The van der Waals surface area contributed by atoms with Crippen LogP contribution in [-0.4, -0.2) is 48.0 Å². The summed E-state index contributed by atoms with van der Waals surface area (Å²) in [7, 11) is 0. The third-order valence-electron chi connectivity index (χ3n) is 6.79. The molecule has 0 aliphatic carbocycles. The average Bonchev–Trinajstić information content (AvgIpc) is 3.72. The molecule has 44 heavy (non-hydrogen) atoms. The number of aromatic nitrogens is 7. The van der Waals surface area contributed by atoms with Gasteiger partial charge in [0.05, 0.1) is 17.4 Å². The summed E-state index contributed by atoms with van der Waals surface area (Å²) in [5.41, 5.74) is 4.75. The maximum atomic E-state index is 6.50. The lowest BCUT2D eigenvalue weighted by Crippen LogP contribution is -2.15. The van der Waals surface area contributed by atoms with Crippen molar-refractivity contribution in [2.45, 2.75) is 27.7 Å². The number of benzene rings is 3. The van der Waals surface area contributed by atoms with E-state index in [9.17, 15) is 0 Å². The Hall–Kier alpha value is -5.38. The molecule has 3 heterocycles. The molecule has 0 aliphatic rings. The van der Waals surface area contributed by atoms with Crippen LogP contribution in [-0.2, 0) is 0 Å². The van der Waals surface area contributed by atoms with Crippen LogP contribution in [0.15, 0.2) is 95.5 Å². The standard InChI is InChI=1S/C34H35N9O/c1-22(2)19-35-33-38-31(39-34(40-33)36-20-23(3)4)27-21-43(42-41-27)28-18-12-11-17-26(28)32-37-29(24-13-7-5-8-14-24)30(44-32)25-15-9-6-10-16-25/h5-18,21-23H,19-20H2,1-4H3,(H2,35,36,38,39,40). The quantitative estimate of drug-likeness (QED) is 0.162. The Kier molecular flexibility index (Phi) is 8.40. The Labute approximate surface area is 256 Å². The van der Waals surface area contributed by atoms with Crippen molar-refractivity contribution in [3.63, 3.8) is 0 Å². The Bertz CT molecular complexity index is 1740. The van der Waals surface area contributed by atoms with Crippen LogP contribution in [0.3, 0.4) is 0 Å². The van der Waals surface area contributed by atoms with Crippen molar-refractivity contribution < 1.29 is 4.42 Å². The van der Waals surface area contributed by atoms with Crippen molar-refractivity contribution in [1.82, 2.24) is 34.9 Å². The first-order valence-corrected chi connectivity index (χ1v) is 14.8. The van der Waals surface area contributed by atoms with Crippen LogP contribution in [0.2, 0.25) is 0 Å². The summed E-state index contributed by atoms with van der Waals surface area (Å²) in [5, 5.41) is 15.5. The van der Waals surface area contributed by atoms with Crippen molar-refractivity contribution in [3.05, 3.63) is 91.1 Å². The van der Waals surface area contributed by atoms with Crippen molar-refractivity contribution in [2.75, 3.05) is 23.7 Å². The summed E-state index contributed by atoms with van der Waals surface area (Å²) in [5.74, 6) is 3.46. The maximum absolute atomic E-state index is 6.50. The number of oxazole rings is 1. The summed E-state index contributed by atoms with van der Waals surface area (Å²) < 4.78 is 8.20. The Morgan fingerprint density at radius 3 is 1.91 bits per heavy atom. The third-order valence-corrected chi connectivity index (χ3v) is 6.79. The predicted octanol–water partition coefficient (Wildman–Crippen LogP) is 7.24. The summed E-state index contributed by atoms with van der Waals surface area (Å²) in [6.07, 6.45) is 1.81. The predicted molar refractivity (Wildman–Crippen MR) is 173 cm³/mol. The van der Waals surface area contributed by atoms with Gasteiger partial charge in [0.15, 0.2) is 17.3 Å². The molecule has 3 aromatic carbocycles. The fourth-order valence-corrected chi connectivity index (χ4v) is 4.59. The van der Waals surface area contributed by atoms with E-state index >= 15 is 0 Å². The number of nitrogens with one attached hydrogen (secondary N) is 2. The molecule has 0 amide bonds. The molecule has 10 heteroatoms. The fraction of sp³-hybridized carbons (Fsp3) is 0.235. The van der Waals surface area contributed by atoms with Gasteiger partial charge in [-0.1, -0.05) is 106 Å². The average molecular weight is 586 g/mol. The molecule has 0 bridgehead atoms. The number of hydrogen-bond donors (Lipinski definition) is 2. The molecule has 0 radical (unpaired) electrons. The Morgan fingerprint density at radius 1 is 0.682 bits per heavy atom. The van der Waals surface area contributed by atoms with E-state index in [0.29, 0.717) is 46.9 Å². The summed E-state index contributed by atoms with van der Waals surface area (Å²) in [6.45, 7) is 10.0. The van der Waals surface area contributed by atoms with Gasteiger partial charge in [-0.3, -0.25) is 0 Å². The zero-order chi connectivity index (χ0) is 30.5. The molecule has 0 spiro atoms. The molecule has 10 nitrogen and oxygen atoms in total. The SMILES string of the molecule is CC(C)CNc1nc(NCC(C)C)nc(-c2cn(-c3ccccc3-c3nc(-c4ccccc4)c(-c4ccccc4)o3)nn2)n1.